The third kappa shape index (κ3) is 5.66. The third-order valence-electron chi connectivity index (χ3n) is 5.96. The average Bonchev–Trinajstić information content (AvgIpc) is 3.60. The van der Waals surface area contributed by atoms with Crippen LogP contribution in [0, 0.1) is 0 Å². The van der Waals surface area contributed by atoms with Crippen LogP contribution in [0.3, 0.4) is 0 Å². The molecule has 8 nitrogen and oxygen atoms in total. The topological polar surface area (TPSA) is 92.0 Å². The SMILES string of the molecule is S=C(NCc1ccc(-c2ccccc2)o1)Nc1nc(Sc2ncccn2)cc(N2Cc3ccccc3C2)n1. The van der Waals surface area contributed by atoms with Crippen LogP contribution in [0.4, 0.5) is 11.8 Å². The molecule has 188 valence electrons. The maximum atomic E-state index is 5.97. The van der Waals surface area contributed by atoms with Gasteiger partial charge in [0.1, 0.15) is 22.4 Å². The number of nitrogens with one attached hydrogen (secondary N) is 2. The van der Waals surface area contributed by atoms with Crippen molar-refractivity contribution in [2.45, 2.75) is 29.8 Å². The van der Waals surface area contributed by atoms with Gasteiger partial charge in [0, 0.05) is 37.1 Å². The Kier molecular flexibility index (Phi) is 6.97. The van der Waals surface area contributed by atoms with E-state index in [1.807, 2.05) is 48.5 Å². The molecule has 4 heterocycles. The van der Waals surface area contributed by atoms with Gasteiger partial charge in [0.05, 0.1) is 6.54 Å². The molecule has 0 spiro atoms. The van der Waals surface area contributed by atoms with Gasteiger partial charge >= 0.3 is 0 Å². The molecule has 0 aliphatic carbocycles. The molecule has 0 saturated carbocycles. The Morgan fingerprint density at radius 1 is 0.895 bits per heavy atom. The monoisotopic (exact) mass is 537 g/mol. The summed E-state index contributed by atoms with van der Waals surface area (Å²) in [7, 11) is 0. The van der Waals surface area contributed by atoms with Crippen molar-refractivity contribution in [1.82, 2.24) is 25.3 Å². The number of thiocarbonyl (C=S) groups is 1. The Morgan fingerprint density at radius 2 is 1.63 bits per heavy atom. The molecule has 0 unspecified atom stereocenters. The number of furan rings is 1. The van der Waals surface area contributed by atoms with Gasteiger partial charge in [0.25, 0.3) is 0 Å². The fourth-order valence-electron chi connectivity index (χ4n) is 4.15. The average molecular weight is 538 g/mol. The van der Waals surface area contributed by atoms with Crippen LogP contribution in [-0.2, 0) is 19.6 Å². The van der Waals surface area contributed by atoms with E-state index >= 15 is 0 Å². The van der Waals surface area contributed by atoms with E-state index in [1.165, 1.54) is 22.9 Å². The van der Waals surface area contributed by atoms with Crippen LogP contribution in [0.2, 0.25) is 0 Å². The van der Waals surface area contributed by atoms with Gasteiger partial charge in [-0.05, 0) is 53.3 Å². The van der Waals surface area contributed by atoms with Gasteiger partial charge in [-0.2, -0.15) is 4.98 Å². The maximum absolute atomic E-state index is 5.97. The lowest BCUT2D eigenvalue weighted by molar-refractivity contribution is 0.516. The number of benzene rings is 2. The molecule has 1 aliphatic rings. The highest BCUT2D eigenvalue weighted by Crippen LogP contribution is 2.31. The molecule has 0 saturated heterocycles. The van der Waals surface area contributed by atoms with E-state index in [-0.39, 0.29) is 0 Å². The van der Waals surface area contributed by atoms with Crippen LogP contribution in [0.1, 0.15) is 16.9 Å². The van der Waals surface area contributed by atoms with Crippen LogP contribution < -0.4 is 15.5 Å². The van der Waals surface area contributed by atoms with E-state index in [1.54, 1.807) is 18.5 Å². The molecule has 5 aromatic rings. The first-order valence-electron chi connectivity index (χ1n) is 12.0. The van der Waals surface area contributed by atoms with E-state index in [2.05, 4.69) is 54.8 Å². The Labute approximate surface area is 229 Å². The van der Waals surface area contributed by atoms with E-state index in [9.17, 15) is 0 Å². The molecule has 2 N–H and O–H groups in total. The first kappa shape index (κ1) is 24.1. The first-order chi connectivity index (χ1) is 18.7. The molecule has 1 aliphatic heterocycles. The third-order valence-corrected chi connectivity index (χ3v) is 7.02. The summed E-state index contributed by atoms with van der Waals surface area (Å²) in [5.41, 5.74) is 3.62. The summed E-state index contributed by atoms with van der Waals surface area (Å²) in [6.07, 6.45) is 3.43. The molecule has 3 aromatic heterocycles. The molecule has 10 heteroatoms. The Bertz CT molecular complexity index is 1540. The van der Waals surface area contributed by atoms with Gasteiger partial charge in [0.2, 0.25) is 5.95 Å². The van der Waals surface area contributed by atoms with Crippen molar-refractivity contribution in [1.29, 1.82) is 0 Å². The predicted octanol–water partition coefficient (Wildman–Crippen LogP) is 5.68. The number of hydrogen-bond acceptors (Lipinski definition) is 8. The lowest BCUT2D eigenvalue weighted by Gasteiger charge is -2.18. The van der Waals surface area contributed by atoms with Crippen molar-refractivity contribution in [2.75, 3.05) is 10.2 Å². The zero-order chi connectivity index (χ0) is 25.7. The highest BCUT2D eigenvalue weighted by atomic mass is 32.2. The van der Waals surface area contributed by atoms with E-state index < -0.39 is 0 Å². The molecular weight excluding hydrogens is 514 g/mol. The van der Waals surface area contributed by atoms with E-state index in [0.29, 0.717) is 22.8 Å². The fourth-order valence-corrected chi connectivity index (χ4v) is 5.03. The number of nitrogens with zero attached hydrogens (tertiary/aromatic N) is 5. The predicted molar refractivity (Wildman–Crippen MR) is 152 cm³/mol. The molecular formula is C28H23N7OS2. The van der Waals surface area contributed by atoms with Crippen molar-refractivity contribution in [2.24, 2.45) is 0 Å². The zero-order valence-electron chi connectivity index (χ0n) is 20.2. The summed E-state index contributed by atoms with van der Waals surface area (Å²) in [6, 6.07) is 26.1. The Morgan fingerprint density at radius 3 is 2.39 bits per heavy atom. The lowest BCUT2D eigenvalue weighted by Crippen LogP contribution is -2.29. The van der Waals surface area contributed by atoms with Gasteiger partial charge in [-0.1, -0.05) is 54.6 Å². The van der Waals surface area contributed by atoms with E-state index in [4.69, 9.17) is 21.6 Å². The number of anilines is 2. The minimum absolute atomic E-state index is 0.399. The van der Waals surface area contributed by atoms with Crippen LogP contribution in [0.5, 0.6) is 0 Å². The zero-order valence-corrected chi connectivity index (χ0v) is 21.9. The fraction of sp³-hybridized carbons (Fsp3) is 0.107. The molecule has 2 aromatic carbocycles. The number of aromatic nitrogens is 4. The molecule has 0 atom stereocenters. The minimum atomic E-state index is 0.399. The first-order valence-corrected chi connectivity index (χ1v) is 13.3. The number of rotatable bonds is 7. The van der Waals surface area contributed by atoms with Crippen LogP contribution in [0.15, 0.2) is 106 Å². The van der Waals surface area contributed by atoms with Gasteiger partial charge in [-0.25, -0.2) is 15.0 Å². The highest BCUT2D eigenvalue weighted by Gasteiger charge is 2.21. The van der Waals surface area contributed by atoms with Gasteiger partial charge in [-0.3, -0.25) is 0 Å². The smallest absolute Gasteiger partial charge is 0.232 e. The van der Waals surface area contributed by atoms with E-state index in [0.717, 1.165) is 41.0 Å². The van der Waals surface area contributed by atoms with Crippen molar-refractivity contribution < 1.29 is 4.42 Å². The van der Waals surface area contributed by atoms with Crippen LogP contribution in [0.25, 0.3) is 11.3 Å². The number of fused-ring (bicyclic) bond motifs is 1. The van der Waals surface area contributed by atoms with Crippen molar-refractivity contribution in [3.8, 4) is 11.3 Å². The summed E-state index contributed by atoms with van der Waals surface area (Å²) in [5.74, 6) is 2.79. The van der Waals surface area contributed by atoms with Crippen molar-refractivity contribution in [3.63, 3.8) is 0 Å². The maximum Gasteiger partial charge on any atom is 0.232 e. The van der Waals surface area contributed by atoms with Crippen molar-refractivity contribution >= 4 is 40.9 Å². The molecule has 0 radical (unpaired) electrons. The van der Waals surface area contributed by atoms with Gasteiger partial charge < -0.3 is 20.0 Å². The molecule has 0 fully saturated rings. The second-order valence-corrected chi connectivity index (χ2v) is 9.98. The van der Waals surface area contributed by atoms with Gasteiger partial charge in [-0.15, -0.1) is 0 Å². The Balaban J connectivity index is 1.17. The lowest BCUT2D eigenvalue weighted by atomic mass is 10.1. The quantitative estimate of drug-likeness (QED) is 0.153. The standard InChI is InChI=1S/C28H23N7OS2/c37-27(31-16-22-11-12-23(36-22)19-7-2-1-3-8-19)34-26-32-24(35-17-20-9-4-5-10-21(20)18-35)15-25(33-26)38-28-29-13-6-14-30-28/h1-15H,16-18H2,(H2,31,32,33,34,37). The molecule has 0 bridgehead atoms. The summed E-state index contributed by atoms with van der Waals surface area (Å²) >= 11 is 6.93. The summed E-state index contributed by atoms with van der Waals surface area (Å²) in [5, 5.41) is 8.06. The minimum Gasteiger partial charge on any atom is -0.459 e. The second-order valence-electron chi connectivity index (χ2n) is 8.59. The molecule has 38 heavy (non-hydrogen) atoms. The Hall–Kier alpha value is -4.28. The highest BCUT2D eigenvalue weighted by molar-refractivity contribution is 7.99. The van der Waals surface area contributed by atoms with Crippen LogP contribution >= 0.6 is 24.0 Å². The summed E-state index contributed by atoms with van der Waals surface area (Å²) in [6.45, 7) is 1.99. The van der Waals surface area contributed by atoms with Crippen LogP contribution in [-0.4, -0.2) is 25.0 Å². The van der Waals surface area contributed by atoms with Gasteiger partial charge in [0.15, 0.2) is 10.3 Å². The number of hydrogen-bond donors (Lipinski definition) is 2. The normalized spacial score (nSPS) is 12.3. The largest absolute Gasteiger partial charge is 0.459 e. The second kappa shape index (κ2) is 11.0. The molecule has 0 amide bonds. The van der Waals surface area contributed by atoms with Crippen molar-refractivity contribution in [3.05, 3.63) is 108 Å². The summed E-state index contributed by atoms with van der Waals surface area (Å²) < 4.78 is 5.97. The molecule has 6 rings (SSSR count). The summed E-state index contributed by atoms with van der Waals surface area (Å²) in [4.78, 5) is 20.3.